The van der Waals surface area contributed by atoms with E-state index in [9.17, 15) is 0 Å². The topological polar surface area (TPSA) is 8.17 Å². The zero-order valence-electron chi connectivity index (χ0n) is 9.19. The standard InChI is InChI=1S/C7H13N.C5H7N/c1-8-6-4-2-3-5-7-8;1-6-4-2-3-5-6/h2-3H,4-7H2,1H3;2-5H,1H3. The second kappa shape index (κ2) is 6.44. The lowest BCUT2D eigenvalue weighted by molar-refractivity contribution is 0.354. The summed E-state index contributed by atoms with van der Waals surface area (Å²) >= 11 is 0. The summed E-state index contributed by atoms with van der Waals surface area (Å²) in [5, 5.41) is 0. The van der Waals surface area contributed by atoms with Gasteiger partial charge in [0.25, 0.3) is 0 Å². The van der Waals surface area contributed by atoms with Crippen molar-refractivity contribution in [3.8, 4) is 0 Å². The predicted octanol–water partition coefficient (Wildman–Crippen LogP) is 2.29. The third kappa shape index (κ3) is 4.87. The van der Waals surface area contributed by atoms with Gasteiger partial charge in [-0.3, -0.25) is 0 Å². The highest BCUT2D eigenvalue weighted by atomic mass is 15.1. The Bertz CT molecular complexity index is 239. The second-order valence-corrected chi connectivity index (χ2v) is 3.70. The Morgan fingerprint density at radius 2 is 1.36 bits per heavy atom. The molecule has 0 aliphatic carbocycles. The van der Waals surface area contributed by atoms with Crippen LogP contribution in [0.2, 0.25) is 0 Å². The van der Waals surface area contributed by atoms with Gasteiger partial charge in [0.1, 0.15) is 0 Å². The minimum Gasteiger partial charge on any atom is -0.357 e. The van der Waals surface area contributed by atoms with Crippen molar-refractivity contribution in [3.63, 3.8) is 0 Å². The largest absolute Gasteiger partial charge is 0.357 e. The summed E-state index contributed by atoms with van der Waals surface area (Å²) < 4.78 is 2.00. The van der Waals surface area contributed by atoms with Crippen LogP contribution in [0, 0.1) is 0 Å². The van der Waals surface area contributed by atoms with Crippen molar-refractivity contribution in [2.24, 2.45) is 7.05 Å². The molecule has 1 aliphatic heterocycles. The van der Waals surface area contributed by atoms with E-state index in [4.69, 9.17) is 0 Å². The van der Waals surface area contributed by atoms with Crippen LogP contribution in [0.1, 0.15) is 12.8 Å². The molecule has 0 unspecified atom stereocenters. The van der Waals surface area contributed by atoms with Crippen molar-refractivity contribution in [1.82, 2.24) is 9.47 Å². The van der Waals surface area contributed by atoms with Gasteiger partial charge >= 0.3 is 0 Å². The molecule has 0 saturated carbocycles. The first kappa shape index (κ1) is 11.1. The number of nitrogens with zero attached hydrogens (tertiary/aromatic N) is 2. The number of rotatable bonds is 0. The lowest BCUT2D eigenvalue weighted by Gasteiger charge is -2.10. The maximum Gasteiger partial charge on any atom is 0.0106 e. The van der Waals surface area contributed by atoms with Crippen LogP contribution in [-0.4, -0.2) is 29.6 Å². The van der Waals surface area contributed by atoms with Gasteiger partial charge < -0.3 is 9.47 Å². The molecule has 0 atom stereocenters. The minimum atomic E-state index is 1.23. The predicted molar refractivity (Wildman–Crippen MR) is 61.3 cm³/mol. The van der Waals surface area contributed by atoms with E-state index >= 15 is 0 Å². The summed E-state index contributed by atoms with van der Waals surface area (Å²) in [6.45, 7) is 2.47. The lowest BCUT2D eigenvalue weighted by atomic mass is 10.4. The van der Waals surface area contributed by atoms with E-state index in [1.807, 2.05) is 36.1 Å². The summed E-state index contributed by atoms with van der Waals surface area (Å²) in [4.78, 5) is 2.36. The van der Waals surface area contributed by atoms with E-state index in [1.165, 1.54) is 25.9 Å². The molecular weight excluding hydrogens is 172 g/mol. The van der Waals surface area contributed by atoms with E-state index in [-0.39, 0.29) is 0 Å². The molecular formula is C12H20N2. The van der Waals surface area contributed by atoms with Crippen LogP contribution < -0.4 is 0 Å². The van der Waals surface area contributed by atoms with Gasteiger partial charge in [-0.1, -0.05) is 12.2 Å². The molecule has 78 valence electrons. The third-order valence-electron chi connectivity index (χ3n) is 2.28. The average Bonchev–Trinajstić information content (AvgIpc) is 2.51. The quantitative estimate of drug-likeness (QED) is 0.573. The Morgan fingerprint density at radius 1 is 0.857 bits per heavy atom. The first-order chi connectivity index (χ1) is 6.79. The minimum absolute atomic E-state index is 1.23. The molecule has 2 nitrogen and oxygen atoms in total. The van der Waals surface area contributed by atoms with Gasteiger partial charge in [-0.2, -0.15) is 0 Å². The molecule has 1 aromatic heterocycles. The Labute approximate surface area is 86.8 Å². The summed E-state index contributed by atoms with van der Waals surface area (Å²) in [5.74, 6) is 0. The van der Waals surface area contributed by atoms with Crippen molar-refractivity contribution in [2.45, 2.75) is 12.8 Å². The molecule has 2 heterocycles. The van der Waals surface area contributed by atoms with Crippen molar-refractivity contribution >= 4 is 0 Å². The number of hydrogen-bond acceptors (Lipinski definition) is 1. The smallest absolute Gasteiger partial charge is 0.0106 e. The molecule has 0 saturated heterocycles. The normalized spacial score (nSPS) is 17.0. The summed E-state index contributed by atoms with van der Waals surface area (Å²) in [6, 6.07) is 4.00. The highest BCUT2D eigenvalue weighted by Crippen LogP contribution is 1.98. The first-order valence-electron chi connectivity index (χ1n) is 5.19. The maximum atomic E-state index is 2.36. The second-order valence-electron chi connectivity index (χ2n) is 3.70. The van der Waals surface area contributed by atoms with Gasteiger partial charge in [0.2, 0.25) is 0 Å². The van der Waals surface area contributed by atoms with E-state index in [2.05, 4.69) is 24.1 Å². The molecule has 2 rings (SSSR count). The van der Waals surface area contributed by atoms with Crippen LogP contribution >= 0.6 is 0 Å². The number of aryl methyl sites for hydroxylation is 1. The Balaban J connectivity index is 0.000000146. The summed E-state index contributed by atoms with van der Waals surface area (Å²) in [7, 11) is 4.17. The van der Waals surface area contributed by atoms with Gasteiger partial charge in [0.05, 0.1) is 0 Å². The van der Waals surface area contributed by atoms with Crippen LogP contribution in [-0.2, 0) is 7.05 Å². The van der Waals surface area contributed by atoms with E-state index in [0.717, 1.165) is 0 Å². The summed E-state index contributed by atoms with van der Waals surface area (Å²) in [6.07, 6.45) is 11.0. The van der Waals surface area contributed by atoms with Gasteiger partial charge in [0.15, 0.2) is 0 Å². The first-order valence-corrected chi connectivity index (χ1v) is 5.19. The molecule has 0 amide bonds. The highest BCUT2D eigenvalue weighted by Gasteiger charge is 1.96. The fourth-order valence-corrected chi connectivity index (χ4v) is 1.36. The highest BCUT2D eigenvalue weighted by molar-refractivity contribution is 4.88. The van der Waals surface area contributed by atoms with Crippen molar-refractivity contribution in [3.05, 3.63) is 36.7 Å². The molecule has 0 N–H and O–H groups in total. The monoisotopic (exact) mass is 192 g/mol. The van der Waals surface area contributed by atoms with Crippen molar-refractivity contribution in [2.75, 3.05) is 20.1 Å². The van der Waals surface area contributed by atoms with Crippen LogP contribution in [0.3, 0.4) is 0 Å². The van der Waals surface area contributed by atoms with Crippen LogP contribution in [0.25, 0.3) is 0 Å². The van der Waals surface area contributed by atoms with Gasteiger partial charge in [-0.25, -0.2) is 0 Å². The molecule has 0 bridgehead atoms. The lowest BCUT2D eigenvalue weighted by Crippen LogP contribution is -2.18. The molecule has 2 heteroatoms. The van der Waals surface area contributed by atoms with Crippen LogP contribution in [0.15, 0.2) is 36.7 Å². The molecule has 0 spiro atoms. The molecule has 0 radical (unpaired) electrons. The number of hydrogen-bond donors (Lipinski definition) is 0. The zero-order valence-corrected chi connectivity index (χ0v) is 9.19. The molecule has 0 aromatic carbocycles. The Hall–Kier alpha value is -1.02. The van der Waals surface area contributed by atoms with Gasteiger partial charge in [-0.15, -0.1) is 0 Å². The number of aromatic nitrogens is 1. The molecule has 0 fully saturated rings. The molecule has 14 heavy (non-hydrogen) atoms. The van der Waals surface area contributed by atoms with Gasteiger partial charge in [0, 0.05) is 32.5 Å². The SMILES string of the molecule is CN1CCC=CCC1.Cn1cccc1. The fraction of sp³-hybridized carbons (Fsp3) is 0.500. The van der Waals surface area contributed by atoms with E-state index < -0.39 is 0 Å². The third-order valence-corrected chi connectivity index (χ3v) is 2.28. The zero-order chi connectivity index (χ0) is 10.2. The average molecular weight is 192 g/mol. The Kier molecular flexibility index (Phi) is 5.08. The fourth-order valence-electron chi connectivity index (χ4n) is 1.36. The van der Waals surface area contributed by atoms with Crippen LogP contribution in [0.4, 0.5) is 0 Å². The van der Waals surface area contributed by atoms with E-state index in [1.54, 1.807) is 0 Å². The van der Waals surface area contributed by atoms with Gasteiger partial charge in [-0.05, 0) is 32.0 Å². The van der Waals surface area contributed by atoms with E-state index in [0.29, 0.717) is 0 Å². The van der Waals surface area contributed by atoms with Crippen molar-refractivity contribution < 1.29 is 0 Å². The Morgan fingerprint density at radius 3 is 1.71 bits per heavy atom. The van der Waals surface area contributed by atoms with Crippen LogP contribution in [0.5, 0.6) is 0 Å². The maximum absolute atomic E-state index is 2.36. The molecule has 1 aliphatic rings. The molecule has 1 aromatic rings. The van der Waals surface area contributed by atoms with Crippen molar-refractivity contribution in [1.29, 1.82) is 0 Å². The summed E-state index contributed by atoms with van der Waals surface area (Å²) in [5.41, 5.74) is 0.